The van der Waals surface area contributed by atoms with E-state index in [9.17, 15) is 0 Å². The molecule has 2 rings (SSSR count). The smallest absolute Gasteiger partial charge is 0.0354 e. The second kappa shape index (κ2) is 6.21. The van der Waals surface area contributed by atoms with Crippen LogP contribution in [0, 0.1) is 0 Å². The molecule has 0 bridgehead atoms. The third-order valence-corrected chi connectivity index (χ3v) is 6.48. The molecule has 0 spiro atoms. The Bertz CT molecular complexity index is 304. The Morgan fingerprint density at radius 1 is 1.27 bits per heavy atom. The van der Waals surface area contributed by atoms with Crippen LogP contribution in [0.2, 0.25) is 0 Å². The lowest BCUT2D eigenvalue weighted by Crippen LogP contribution is -1.93. The van der Waals surface area contributed by atoms with Crippen LogP contribution in [-0.4, -0.2) is 5.75 Å². The average Bonchev–Trinajstić information content (AvgIpc) is 2.68. The lowest BCUT2D eigenvalue weighted by molar-refractivity contribution is 0.667. The van der Waals surface area contributed by atoms with Gasteiger partial charge in [-0.05, 0) is 30.2 Å². The highest BCUT2D eigenvalue weighted by molar-refractivity contribution is 8.76. The minimum atomic E-state index is 1.29. The first kappa shape index (κ1) is 11.9. The predicted octanol–water partition coefficient (Wildman–Crippen LogP) is 5.17. The summed E-state index contributed by atoms with van der Waals surface area (Å²) < 4.78 is 0. The van der Waals surface area contributed by atoms with Crippen molar-refractivity contribution in [1.82, 2.24) is 0 Å². The molecule has 2 heterocycles. The van der Waals surface area contributed by atoms with Gasteiger partial charge in [-0.15, -0.1) is 11.3 Å². The zero-order valence-corrected chi connectivity index (χ0v) is 11.7. The van der Waals surface area contributed by atoms with Crippen LogP contribution in [0.4, 0.5) is 0 Å². The third-order valence-electron chi connectivity index (χ3n) is 2.74. The second-order valence-electron chi connectivity index (χ2n) is 3.98. The van der Waals surface area contributed by atoms with Crippen molar-refractivity contribution in [2.45, 2.75) is 50.3 Å². The number of hydrogen-bond acceptors (Lipinski definition) is 3. The summed E-state index contributed by atoms with van der Waals surface area (Å²) in [5, 5.41) is 2.39. The van der Waals surface area contributed by atoms with Gasteiger partial charge in [0.05, 0.1) is 0 Å². The van der Waals surface area contributed by atoms with E-state index in [2.05, 4.69) is 12.3 Å². The van der Waals surface area contributed by atoms with E-state index in [0.717, 1.165) is 0 Å². The quantitative estimate of drug-likeness (QED) is 0.528. The Morgan fingerprint density at radius 3 is 3.07 bits per heavy atom. The van der Waals surface area contributed by atoms with Crippen molar-refractivity contribution in [1.29, 1.82) is 0 Å². The van der Waals surface area contributed by atoms with Crippen LogP contribution in [0.5, 0.6) is 0 Å². The first-order valence-electron chi connectivity index (χ1n) is 5.80. The van der Waals surface area contributed by atoms with E-state index in [1.807, 2.05) is 32.9 Å². The molecule has 0 saturated carbocycles. The van der Waals surface area contributed by atoms with Gasteiger partial charge < -0.3 is 0 Å². The van der Waals surface area contributed by atoms with Crippen molar-refractivity contribution in [2.75, 3.05) is 5.75 Å². The molecule has 84 valence electrons. The zero-order chi connectivity index (χ0) is 10.5. The molecule has 0 unspecified atom stereocenters. The lowest BCUT2D eigenvalue weighted by Gasteiger charge is -2.11. The fourth-order valence-corrected chi connectivity index (χ4v) is 5.80. The van der Waals surface area contributed by atoms with Crippen LogP contribution in [0.1, 0.15) is 43.0 Å². The van der Waals surface area contributed by atoms with Gasteiger partial charge in [-0.2, -0.15) is 0 Å². The first-order chi connectivity index (χ1) is 7.42. The molecule has 0 nitrogen and oxygen atoms in total. The summed E-state index contributed by atoms with van der Waals surface area (Å²) in [7, 11) is 4.04. The molecular weight excluding hydrogens is 240 g/mol. The van der Waals surface area contributed by atoms with E-state index >= 15 is 0 Å². The Labute approximate surface area is 105 Å². The topological polar surface area (TPSA) is 0 Å². The van der Waals surface area contributed by atoms with Gasteiger partial charge in [0.25, 0.3) is 0 Å². The maximum Gasteiger partial charge on any atom is 0.0354 e. The highest BCUT2D eigenvalue weighted by atomic mass is 33.1. The summed E-state index contributed by atoms with van der Waals surface area (Å²) >= 11 is 1.99. The molecule has 0 atom stereocenters. The average molecular weight is 258 g/mol. The number of thiophene rings is 1. The summed E-state index contributed by atoms with van der Waals surface area (Å²) in [5.74, 6) is 1.30. The number of hydrogen-bond donors (Lipinski definition) is 0. The molecule has 1 aromatic rings. The Morgan fingerprint density at radius 2 is 2.20 bits per heavy atom. The van der Waals surface area contributed by atoms with Crippen molar-refractivity contribution in [3.05, 3.63) is 15.8 Å². The minimum Gasteiger partial charge on any atom is -0.147 e. The number of rotatable bonds is 5. The largest absolute Gasteiger partial charge is 0.147 e. The highest BCUT2D eigenvalue weighted by Gasteiger charge is 2.16. The van der Waals surface area contributed by atoms with E-state index < -0.39 is 0 Å². The Kier molecular flexibility index (Phi) is 4.92. The molecule has 0 saturated heterocycles. The molecule has 1 aliphatic heterocycles. The van der Waals surface area contributed by atoms with Crippen LogP contribution in [0.25, 0.3) is 0 Å². The monoisotopic (exact) mass is 258 g/mol. The van der Waals surface area contributed by atoms with Crippen LogP contribution in [-0.2, 0) is 12.8 Å². The maximum atomic E-state index is 2.39. The normalized spacial score (nSPS) is 15.3. The summed E-state index contributed by atoms with van der Waals surface area (Å²) in [5.41, 5.74) is 1.62. The molecule has 0 radical (unpaired) electrons. The molecule has 0 aromatic carbocycles. The lowest BCUT2D eigenvalue weighted by atomic mass is 10.1. The number of unbranched alkanes of at least 4 members (excludes halogenated alkanes) is 3. The van der Waals surface area contributed by atoms with Gasteiger partial charge in [-0.1, -0.05) is 47.8 Å². The van der Waals surface area contributed by atoms with Gasteiger partial charge in [0.15, 0.2) is 0 Å². The van der Waals surface area contributed by atoms with Crippen LogP contribution in [0.15, 0.2) is 10.3 Å². The van der Waals surface area contributed by atoms with Gasteiger partial charge >= 0.3 is 0 Å². The van der Waals surface area contributed by atoms with Crippen molar-refractivity contribution in [3.63, 3.8) is 0 Å². The van der Waals surface area contributed by atoms with Crippen LogP contribution in [0.3, 0.4) is 0 Å². The summed E-state index contributed by atoms with van der Waals surface area (Å²) in [6.07, 6.45) is 8.13. The number of fused-ring (bicyclic) bond motifs is 1. The first-order valence-corrected chi connectivity index (χ1v) is 9.00. The summed E-state index contributed by atoms with van der Waals surface area (Å²) in [6, 6.07) is 0. The molecule has 1 aromatic heterocycles. The standard InChI is InChI=1S/C12H18S3/c1-2-3-4-5-6-11-12-10(9-13-11)7-8-14-15-12/h9H,2-8H2,1H3. The van der Waals surface area contributed by atoms with Crippen LogP contribution >= 0.6 is 32.9 Å². The molecular formula is C12H18S3. The molecule has 15 heavy (non-hydrogen) atoms. The number of aryl methyl sites for hydroxylation is 2. The molecule has 1 aliphatic rings. The van der Waals surface area contributed by atoms with Gasteiger partial charge in [-0.25, -0.2) is 0 Å². The fourth-order valence-electron chi connectivity index (χ4n) is 1.84. The zero-order valence-electron chi connectivity index (χ0n) is 9.25. The van der Waals surface area contributed by atoms with Crippen molar-refractivity contribution in [3.8, 4) is 0 Å². The fraction of sp³-hybridized carbons (Fsp3) is 0.667. The van der Waals surface area contributed by atoms with E-state index in [0.29, 0.717) is 0 Å². The Hall–Kier alpha value is 0.400. The van der Waals surface area contributed by atoms with Crippen molar-refractivity contribution in [2.24, 2.45) is 0 Å². The maximum absolute atomic E-state index is 2.39. The van der Waals surface area contributed by atoms with E-state index in [1.165, 1.54) is 44.3 Å². The van der Waals surface area contributed by atoms with E-state index in [1.54, 1.807) is 15.3 Å². The molecule has 0 amide bonds. The minimum absolute atomic E-state index is 1.29. The SMILES string of the molecule is CCCCCCc1scc2c1SSCC2. The molecule has 0 N–H and O–H groups in total. The third kappa shape index (κ3) is 3.18. The van der Waals surface area contributed by atoms with Crippen molar-refractivity contribution < 1.29 is 0 Å². The summed E-state index contributed by atoms with van der Waals surface area (Å²) in [4.78, 5) is 3.27. The van der Waals surface area contributed by atoms with E-state index in [-0.39, 0.29) is 0 Å². The second-order valence-corrected chi connectivity index (χ2v) is 7.37. The predicted molar refractivity (Wildman–Crippen MR) is 74.2 cm³/mol. The highest BCUT2D eigenvalue weighted by Crippen LogP contribution is 2.44. The Balaban J connectivity index is 1.88. The van der Waals surface area contributed by atoms with Crippen molar-refractivity contribution >= 4 is 32.9 Å². The van der Waals surface area contributed by atoms with Gasteiger partial charge in [-0.3, -0.25) is 0 Å². The summed E-state index contributed by atoms with van der Waals surface area (Å²) in [6.45, 7) is 2.28. The van der Waals surface area contributed by atoms with Gasteiger partial charge in [0.2, 0.25) is 0 Å². The molecule has 3 heteroatoms. The van der Waals surface area contributed by atoms with Gasteiger partial charge in [0, 0.05) is 15.5 Å². The molecule has 0 aliphatic carbocycles. The molecule has 0 fully saturated rings. The van der Waals surface area contributed by atoms with Gasteiger partial charge in [0.1, 0.15) is 0 Å². The van der Waals surface area contributed by atoms with Crippen LogP contribution < -0.4 is 0 Å². The van der Waals surface area contributed by atoms with E-state index in [4.69, 9.17) is 0 Å².